The van der Waals surface area contributed by atoms with Crippen molar-refractivity contribution in [3.63, 3.8) is 0 Å². The summed E-state index contributed by atoms with van der Waals surface area (Å²) in [6.07, 6.45) is 1.14. The van der Waals surface area contributed by atoms with Gasteiger partial charge in [-0.05, 0) is 125 Å². The zero-order valence-electron chi connectivity index (χ0n) is 43.8. The van der Waals surface area contributed by atoms with E-state index < -0.39 is 100 Å². The molecule has 2 fully saturated rings. The van der Waals surface area contributed by atoms with E-state index in [9.17, 15) is 43.5 Å². The molecule has 6 atom stereocenters. The van der Waals surface area contributed by atoms with Gasteiger partial charge < -0.3 is 56.1 Å². The highest BCUT2D eigenvalue weighted by molar-refractivity contribution is 5.96. The van der Waals surface area contributed by atoms with Crippen LogP contribution in [-0.2, 0) is 51.0 Å². The van der Waals surface area contributed by atoms with Gasteiger partial charge in [-0.3, -0.25) is 19.2 Å². The quantitative estimate of drug-likeness (QED) is 0.0525. The number of hydrogen-bond donors (Lipinski definition) is 7. The number of hydrogen-bond acceptors (Lipinski definition) is 11. The van der Waals surface area contributed by atoms with E-state index in [4.69, 9.17) is 14.2 Å². The van der Waals surface area contributed by atoms with E-state index in [1.165, 1.54) is 4.90 Å². The van der Waals surface area contributed by atoms with Crippen LogP contribution < -0.4 is 31.9 Å². The first-order chi connectivity index (χ1) is 33.6. The van der Waals surface area contributed by atoms with Crippen molar-refractivity contribution in [3.05, 3.63) is 71.8 Å². The standard InChI is InChI=1S/C53H79N7O12/c1-34-33-53(46(65)66,59-49(69)72-52(8,9)10)28-30-60(34)45(64)39(23-17-18-29-54-47(67)70-50(2,3)4)56-42(61)38(27-26-35-24-25-35)55-43(62)40(31-36-19-13-11-14-20-36)57-44(63)41(32-37-21-15-12-16-22-37)58-48(68)71-51(5,6)7/h11-16,19-22,34-35,38-41H,17-18,23-33H2,1-10H3,(H,54,67)(H,55,62)(H,56,61)(H,57,63)(H,58,68)(H,59,69)(H,65,66)/t34?,38?,39-,40-,41-,53?/m1/s1. The van der Waals surface area contributed by atoms with E-state index in [1.807, 2.05) is 36.4 Å². The number of aliphatic carboxylic acids is 1. The predicted molar refractivity (Wildman–Crippen MR) is 269 cm³/mol. The van der Waals surface area contributed by atoms with Crippen molar-refractivity contribution in [2.24, 2.45) is 5.92 Å². The summed E-state index contributed by atoms with van der Waals surface area (Å²) in [5, 5.41) is 27.0. The van der Waals surface area contributed by atoms with Gasteiger partial charge in [0.2, 0.25) is 23.6 Å². The van der Waals surface area contributed by atoms with E-state index in [2.05, 4.69) is 31.9 Å². The molecule has 1 aliphatic heterocycles. The van der Waals surface area contributed by atoms with E-state index in [-0.39, 0.29) is 51.6 Å². The van der Waals surface area contributed by atoms with Gasteiger partial charge in [-0.15, -0.1) is 0 Å². The fourth-order valence-corrected chi connectivity index (χ4v) is 8.33. The number of carboxylic acid groups (broad SMARTS) is 1. The Hall–Kier alpha value is -6.40. The number of likely N-dealkylation sites (tertiary alicyclic amines) is 1. The van der Waals surface area contributed by atoms with Gasteiger partial charge in [0, 0.05) is 38.4 Å². The third kappa shape index (κ3) is 20.4. The summed E-state index contributed by atoms with van der Waals surface area (Å²) in [6.45, 7) is 17.1. The van der Waals surface area contributed by atoms with Crippen LogP contribution in [0.15, 0.2) is 60.7 Å². The number of alkyl carbamates (subject to hydrolysis) is 3. The summed E-state index contributed by atoms with van der Waals surface area (Å²) in [4.78, 5) is 111. The van der Waals surface area contributed by atoms with Crippen molar-refractivity contribution in [1.82, 2.24) is 36.8 Å². The highest BCUT2D eigenvalue weighted by atomic mass is 16.6. The number of nitrogens with zero attached hydrogens (tertiary/aromatic N) is 1. The number of ether oxygens (including phenoxy) is 3. The molecule has 1 saturated carbocycles. The number of rotatable bonds is 22. The minimum Gasteiger partial charge on any atom is -0.480 e. The van der Waals surface area contributed by atoms with Gasteiger partial charge in [0.1, 0.15) is 46.5 Å². The van der Waals surface area contributed by atoms with Crippen molar-refractivity contribution in [3.8, 4) is 0 Å². The van der Waals surface area contributed by atoms with E-state index in [1.54, 1.807) is 93.5 Å². The van der Waals surface area contributed by atoms with Crippen molar-refractivity contribution in [2.45, 2.75) is 192 Å². The fourth-order valence-electron chi connectivity index (χ4n) is 8.33. The van der Waals surface area contributed by atoms with Gasteiger partial charge in [-0.2, -0.15) is 0 Å². The number of carbonyl (C=O) groups excluding carboxylic acids is 7. The molecule has 0 radical (unpaired) electrons. The van der Waals surface area contributed by atoms with Crippen LogP contribution in [0.5, 0.6) is 0 Å². The maximum Gasteiger partial charge on any atom is 0.408 e. The predicted octanol–water partition coefficient (Wildman–Crippen LogP) is 6.06. The molecule has 19 nitrogen and oxygen atoms in total. The van der Waals surface area contributed by atoms with Crippen LogP contribution in [0.1, 0.15) is 138 Å². The monoisotopic (exact) mass is 1010 g/mol. The third-order valence-electron chi connectivity index (χ3n) is 12.0. The maximum absolute atomic E-state index is 14.7. The summed E-state index contributed by atoms with van der Waals surface area (Å²) in [5.74, 6) is -3.38. The van der Waals surface area contributed by atoms with Crippen LogP contribution in [0, 0.1) is 5.92 Å². The van der Waals surface area contributed by atoms with Crippen LogP contribution in [0.3, 0.4) is 0 Å². The Morgan fingerprint density at radius 2 is 1.10 bits per heavy atom. The van der Waals surface area contributed by atoms with Crippen molar-refractivity contribution in [1.29, 1.82) is 0 Å². The lowest BCUT2D eigenvalue weighted by Gasteiger charge is -2.44. The molecule has 0 bridgehead atoms. The Labute approximate surface area is 424 Å². The number of unbranched alkanes of at least 4 members (excludes halogenated alkanes) is 1. The molecule has 3 unspecified atom stereocenters. The largest absolute Gasteiger partial charge is 0.480 e. The molecule has 2 aliphatic rings. The molecular weight excluding hydrogens is 927 g/mol. The Morgan fingerprint density at radius 3 is 1.60 bits per heavy atom. The Kier molecular flexibility index (Phi) is 20.9. The first kappa shape index (κ1) is 58.2. The van der Waals surface area contributed by atoms with Gasteiger partial charge in [0.05, 0.1) is 0 Å². The molecule has 0 aromatic heterocycles. The lowest BCUT2D eigenvalue weighted by molar-refractivity contribution is -0.152. The molecule has 4 rings (SSSR count). The highest BCUT2D eigenvalue weighted by Gasteiger charge is 2.48. The van der Waals surface area contributed by atoms with E-state index >= 15 is 0 Å². The number of benzene rings is 2. The zero-order valence-corrected chi connectivity index (χ0v) is 43.8. The van der Waals surface area contributed by atoms with Gasteiger partial charge >= 0.3 is 24.2 Å². The molecule has 7 N–H and O–H groups in total. The zero-order chi connectivity index (χ0) is 53.4. The van der Waals surface area contributed by atoms with Crippen LogP contribution >= 0.6 is 0 Å². The van der Waals surface area contributed by atoms with Crippen LogP contribution in [-0.4, -0.2) is 124 Å². The van der Waals surface area contributed by atoms with Crippen LogP contribution in [0.2, 0.25) is 0 Å². The first-order valence-corrected chi connectivity index (χ1v) is 25.1. The highest BCUT2D eigenvalue weighted by Crippen LogP contribution is 2.34. The molecule has 1 heterocycles. The third-order valence-corrected chi connectivity index (χ3v) is 12.0. The van der Waals surface area contributed by atoms with Gasteiger partial charge in [-0.25, -0.2) is 19.2 Å². The number of amides is 7. The molecule has 2 aromatic rings. The van der Waals surface area contributed by atoms with Gasteiger partial charge in [0.25, 0.3) is 0 Å². The molecule has 7 amide bonds. The molecule has 2 aromatic carbocycles. The molecular formula is C53H79N7O12. The Morgan fingerprint density at radius 1 is 0.625 bits per heavy atom. The van der Waals surface area contributed by atoms with Crippen molar-refractivity contribution >= 4 is 47.9 Å². The Bertz CT molecular complexity index is 2170. The smallest absolute Gasteiger partial charge is 0.408 e. The van der Waals surface area contributed by atoms with Gasteiger partial charge in [0.15, 0.2) is 0 Å². The Balaban J connectivity index is 1.60. The topological polar surface area (TPSA) is 260 Å². The normalized spacial score (nSPS) is 18.7. The number of carboxylic acids is 1. The van der Waals surface area contributed by atoms with Crippen molar-refractivity contribution < 1.29 is 57.7 Å². The SMILES string of the molecule is CC1CC(NC(=O)OC(C)(C)C)(C(=O)O)CCN1C(=O)[C@@H](CCCCNC(=O)OC(C)(C)C)NC(=O)C(CCC1CC1)NC(=O)[C@@H](Cc1ccccc1)NC(=O)[C@@H](Cc1ccccc1)NC(=O)OC(C)(C)C. The summed E-state index contributed by atoms with van der Waals surface area (Å²) in [5.41, 5.74) is -2.73. The second kappa shape index (κ2) is 25.8. The van der Waals surface area contributed by atoms with Gasteiger partial charge in [-0.1, -0.05) is 73.5 Å². The first-order valence-electron chi connectivity index (χ1n) is 25.1. The summed E-state index contributed by atoms with van der Waals surface area (Å²) in [6, 6.07) is 12.7. The lowest BCUT2D eigenvalue weighted by Crippen LogP contribution is -2.65. The number of nitrogens with one attached hydrogen (secondary N) is 6. The van der Waals surface area contributed by atoms with Crippen LogP contribution in [0.4, 0.5) is 14.4 Å². The molecule has 0 spiro atoms. The second-order valence-corrected chi connectivity index (χ2v) is 22.1. The minimum atomic E-state index is -1.73. The molecule has 398 valence electrons. The average molecular weight is 1010 g/mol. The fraction of sp³-hybridized carbons (Fsp3) is 0.623. The van der Waals surface area contributed by atoms with Crippen molar-refractivity contribution in [2.75, 3.05) is 13.1 Å². The second-order valence-electron chi connectivity index (χ2n) is 22.1. The molecule has 72 heavy (non-hydrogen) atoms. The molecule has 19 heteroatoms. The number of piperidine rings is 1. The van der Waals surface area contributed by atoms with E-state index in [0.29, 0.717) is 30.7 Å². The maximum atomic E-state index is 14.7. The summed E-state index contributed by atoms with van der Waals surface area (Å²) < 4.78 is 16.2. The molecule has 1 aliphatic carbocycles. The average Bonchev–Trinajstić information content (AvgIpc) is 4.10. The summed E-state index contributed by atoms with van der Waals surface area (Å²) >= 11 is 0. The van der Waals surface area contributed by atoms with E-state index in [0.717, 1.165) is 18.4 Å². The molecule has 1 saturated heterocycles. The number of carbonyl (C=O) groups is 8. The van der Waals surface area contributed by atoms with Crippen LogP contribution in [0.25, 0.3) is 0 Å². The minimum absolute atomic E-state index is 0.0335. The summed E-state index contributed by atoms with van der Waals surface area (Å²) in [7, 11) is 0. The lowest BCUT2D eigenvalue weighted by atomic mass is 9.83.